The Balaban J connectivity index is 1.79. The predicted molar refractivity (Wildman–Crippen MR) is 88.6 cm³/mol. The van der Waals surface area contributed by atoms with Crippen molar-refractivity contribution in [3.05, 3.63) is 42.0 Å². The zero-order valence-corrected chi connectivity index (χ0v) is 13.3. The number of nitrogens with zero attached hydrogens (tertiary/aromatic N) is 1. The zero-order chi connectivity index (χ0) is 15.2. The van der Waals surface area contributed by atoms with Gasteiger partial charge in [0.1, 0.15) is 0 Å². The quantitative estimate of drug-likeness (QED) is 0.815. The summed E-state index contributed by atoms with van der Waals surface area (Å²) in [6.45, 7) is 2.07. The van der Waals surface area contributed by atoms with Gasteiger partial charge in [-0.15, -0.1) is 0 Å². The molecule has 2 rings (SSSR count). The van der Waals surface area contributed by atoms with Crippen LogP contribution < -0.4 is 10.2 Å². The summed E-state index contributed by atoms with van der Waals surface area (Å²) < 4.78 is 0. The van der Waals surface area contributed by atoms with Crippen molar-refractivity contribution in [1.29, 1.82) is 0 Å². The van der Waals surface area contributed by atoms with Gasteiger partial charge < -0.3 is 10.2 Å². The number of anilines is 1. The lowest BCUT2D eigenvalue weighted by atomic mass is 10.0. The Hall–Kier alpha value is -1.77. The predicted octanol–water partition coefficient (Wildman–Crippen LogP) is 3.16. The van der Waals surface area contributed by atoms with Gasteiger partial charge in [0.15, 0.2) is 0 Å². The molecule has 114 valence electrons. The van der Waals surface area contributed by atoms with E-state index in [1.165, 1.54) is 11.3 Å². The SMILES string of the molecule is C[C@H](Cc1ccc(N(C)C)cc1)NC(=O)C[C@@H]1C=CCC1. The van der Waals surface area contributed by atoms with E-state index in [-0.39, 0.29) is 11.9 Å². The Morgan fingerprint density at radius 1 is 1.33 bits per heavy atom. The molecule has 0 saturated carbocycles. The molecule has 1 amide bonds. The van der Waals surface area contributed by atoms with Crippen molar-refractivity contribution in [2.45, 2.75) is 38.6 Å². The van der Waals surface area contributed by atoms with Gasteiger partial charge >= 0.3 is 0 Å². The third-order valence-corrected chi connectivity index (χ3v) is 3.96. The van der Waals surface area contributed by atoms with E-state index in [2.05, 4.69) is 53.6 Å². The Labute approximate surface area is 128 Å². The highest BCUT2D eigenvalue weighted by atomic mass is 16.1. The number of hydrogen-bond acceptors (Lipinski definition) is 2. The van der Waals surface area contributed by atoms with Crippen LogP contribution in [0, 0.1) is 5.92 Å². The van der Waals surface area contributed by atoms with E-state index in [1.807, 2.05) is 14.1 Å². The number of allylic oxidation sites excluding steroid dienone is 2. The van der Waals surface area contributed by atoms with Crippen molar-refractivity contribution >= 4 is 11.6 Å². The molecule has 0 aliphatic heterocycles. The molecule has 0 heterocycles. The van der Waals surface area contributed by atoms with Crippen LogP contribution in [0.5, 0.6) is 0 Å². The van der Waals surface area contributed by atoms with Crippen LogP contribution >= 0.6 is 0 Å². The summed E-state index contributed by atoms with van der Waals surface area (Å²) in [7, 11) is 4.07. The minimum Gasteiger partial charge on any atom is -0.378 e. The molecular weight excluding hydrogens is 260 g/mol. The number of nitrogens with one attached hydrogen (secondary N) is 1. The molecule has 3 nitrogen and oxygen atoms in total. The van der Waals surface area contributed by atoms with Crippen LogP contribution in [0.2, 0.25) is 0 Å². The first-order valence-corrected chi connectivity index (χ1v) is 7.77. The summed E-state index contributed by atoms with van der Waals surface area (Å²) in [5.74, 6) is 0.612. The fourth-order valence-corrected chi connectivity index (χ4v) is 2.77. The van der Waals surface area contributed by atoms with E-state index in [9.17, 15) is 4.79 Å². The van der Waals surface area contributed by atoms with Gasteiger partial charge in [0, 0.05) is 32.2 Å². The van der Waals surface area contributed by atoms with E-state index < -0.39 is 0 Å². The average molecular weight is 286 g/mol. The average Bonchev–Trinajstić information content (AvgIpc) is 2.91. The molecule has 1 aromatic carbocycles. The second kappa shape index (κ2) is 7.30. The lowest BCUT2D eigenvalue weighted by molar-refractivity contribution is -0.122. The normalized spacial score (nSPS) is 18.5. The molecule has 3 heteroatoms. The molecule has 1 aliphatic carbocycles. The van der Waals surface area contributed by atoms with Gasteiger partial charge in [-0.3, -0.25) is 4.79 Å². The molecule has 0 spiro atoms. The molecule has 0 saturated heterocycles. The minimum absolute atomic E-state index is 0.170. The van der Waals surface area contributed by atoms with Crippen LogP contribution in [0.25, 0.3) is 0 Å². The summed E-state index contributed by atoms with van der Waals surface area (Å²) >= 11 is 0. The molecule has 0 aromatic heterocycles. The fourth-order valence-electron chi connectivity index (χ4n) is 2.77. The van der Waals surface area contributed by atoms with Crippen LogP contribution in [-0.4, -0.2) is 26.0 Å². The summed E-state index contributed by atoms with van der Waals surface area (Å²) in [4.78, 5) is 14.1. The van der Waals surface area contributed by atoms with Crippen LogP contribution in [-0.2, 0) is 11.2 Å². The topological polar surface area (TPSA) is 32.3 Å². The standard InChI is InChI=1S/C18H26N2O/c1-14(19-18(21)13-15-6-4-5-7-15)12-16-8-10-17(11-9-16)20(2)3/h4,6,8-11,14-15H,5,7,12-13H2,1-3H3,(H,19,21)/t14-,15-/m1/s1. The van der Waals surface area contributed by atoms with Crippen molar-refractivity contribution in [3.8, 4) is 0 Å². The van der Waals surface area contributed by atoms with Crippen LogP contribution in [0.3, 0.4) is 0 Å². The van der Waals surface area contributed by atoms with Gasteiger partial charge in [0.05, 0.1) is 0 Å². The van der Waals surface area contributed by atoms with E-state index >= 15 is 0 Å². The lowest BCUT2D eigenvalue weighted by Gasteiger charge is -2.17. The molecule has 1 N–H and O–H groups in total. The number of rotatable bonds is 6. The Kier molecular flexibility index (Phi) is 5.43. The summed E-state index contributed by atoms with van der Waals surface area (Å²) in [6.07, 6.45) is 8.08. The Morgan fingerprint density at radius 3 is 2.62 bits per heavy atom. The molecule has 21 heavy (non-hydrogen) atoms. The summed E-state index contributed by atoms with van der Waals surface area (Å²) in [6, 6.07) is 8.68. The highest BCUT2D eigenvalue weighted by molar-refractivity contribution is 5.76. The van der Waals surface area contributed by atoms with Crippen LogP contribution in [0.15, 0.2) is 36.4 Å². The first-order valence-electron chi connectivity index (χ1n) is 7.77. The van der Waals surface area contributed by atoms with Gasteiger partial charge in [-0.1, -0.05) is 24.3 Å². The fraction of sp³-hybridized carbons (Fsp3) is 0.500. The smallest absolute Gasteiger partial charge is 0.220 e. The number of carbonyl (C=O) groups excluding carboxylic acids is 1. The number of benzene rings is 1. The maximum absolute atomic E-state index is 12.0. The van der Waals surface area contributed by atoms with Gasteiger partial charge in [-0.05, 0) is 49.8 Å². The van der Waals surface area contributed by atoms with Crippen molar-refractivity contribution in [3.63, 3.8) is 0 Å². The second-order valence-corrected chi connectivity index (χ2v) is 6.20. The molecule has 0 radical (unpaired) electrons. The van der Waals surface area contributed by atoms with Crippen molar-refractivity contribution in [2.24, 2.45) is 5.92 Å². The first kappa shape index (κ1) is 15.6. The van der Waals surface area contributed by atoms with Crippen molar-refractivity contribution < 1.29 is 4.79 Å². The maximum atomic E-state index is 12.0. The van der Waals surface area contributed by atoms with Crippen LogP contribution in [0.1, 0.15) is 31.7 Å². The largest absolute Gasteiger partial charge is 0.378 e. The molecule has 2 atom stereocenters. The highest BCUT2D eigenvalue weighted by Gasteiger charge is 2.15. The first-order chi connectivity index (χ1) is 10.0. The third-order valence-electron chi connectivity index (χ3n) is 3.96. The van der Waals surface area contributed by atoms with E-state index in [0.29, 0.717) is 12.3 Å². The maximum Gasteiger partial charge on any atom is 0.220 e. The molecule has 0 bridgehead atoms. The molecule has 0 unspecified atom stereocenters. The third kappa shape index (κ3) is 4.92. The molecule has 0 fully saturated rings. The second-order valence-electron chi connectivity index (χ2n) is 6.20. The van der Waals surface area contributed by atoms with E-state index in [0.717, 1.165) is 19.3 Å². The summed E-state index contributed by atoms with van der Waals surface area (Å²) in [5, 5.41) is 3.11. The molecule has 1 aromatic rings. The minimum atomic E-state index is 0.170. The van der Waals surface area contributed by atoms with Crippen LogP contribution in [0.4, 0.5) is 5.69 Å². The molecular formula is C18H26N2O. The molecule has 1 aliphatic rings. The van der Waals surface area contributed by atoms with Gasteiger partial charge in [0.25, 0.3) is 0 Å². The number of amides is 1. The van der Waals surface area contributed by atoms with Crippen molar-refractivity contribution in [1.82, 2.24) is 5.32 Å². The van der Waals surface area contributed by atoms with Crippen molar-refractivity contribution in [2.75, 3.05) is 19.0 Å². The number of carbonyl (C=O) groups is 1. The lowest BCUT2D eigenvalue weighted by Crippen LogP contribution is -2.34. The van der Waals surface area contributed by atoms with E-state index in [4.69, 9.17) is 0 Å². The van der Waals surface area contributed by atoms with Gasteiger partial charge in [-0.2, -0.15) is 0 Å². The monoisotopic (exact) mass is 286 g/mol. The Bertz CT molecular complexity index is 490. The Morgan fingerprint density at radius 2 is 2.05 bits per heavy atom. The zero-order valence-electron chi connectivity index (χ0n) is 13.3. The van der Waals surface area contributed by atoms with Gasteiger partial charge in [-0.25, -0.2) is 0 Å². The highest BCUT2D eigenvalue weighted by Crippen LogP contribution is 2.20. The number of hydrogen-bond donors (Lipinski definition) is 1. The summed E-state index contributed by atoms with van der Waals surface area (Å²) in [5.41, 5.74) is 2.46. The van der Waals surface area contributed by atoms with E-state index in [1.54, 1.807) is 0 Å². The van der Waals surface area contributed by atoms with Gasteiger partial charge in [0.2, 0.25) is 5.91 Å².